The molecule has 3 rings (SSSR count). The summed E-state index contributed by atoms with van der Waals surface area (Å²) in [5, 5.41) is 18.0. The number of aromatic amines is 1. The normalized spacial score (nSPS) is 17.3. The number of carbonyl (C=O) groups excluding carboxylic acids is 1. The maximum absolute atomic E-state index is 12.4. The SMILES string of the molecule is Cc1cc(C(=O)N2CCC([C@H](O)c3ccc(Cl)cc3)CC2)n[nH]1. The number of H-pyrrole nitrogens is 1. The van der Waals surface area contributed by atoms with Crippen molar-refractivity contribution in [2.75, 3.05) is 13.1 Å². The molecule has 0 bridgehead atoms. The molecule has 0 radical (unpaired) electrons. The van der Waals surface area contributed by atoms with E-state index in [1.807, 2.05) is 19.1 Å². The third kappa shape index (κ3) is 3.57. The highest BCUT2D eigenvalue weighted by Gasteiger charge is 2.29. The number of piperidine rings is 1. The van der Waals surface area contributed by atoms with Crippen molar-refractivity contribution in [1.82, 2.24) is 15.1 Å². The number of likely N-dealkylation sites (tertiary alicyclic amines) is 1. The molecule has 23 heavy (non-hydrogen) atoms. The molecule has 1 aromatic heterocycles. The molecule has 1 fully saturated rings. The highest BCUT2D eigenvalue weighted by molar-refractivity contribution is 6.30. The van der Waals surface area contributed by atoms with Crippen LogP contribution in [0.15, 0.2) is 30.3 Å². The van der Waals surface area contributed by atoms with Gasteiger partial charge in [0, 0.05) is 23.8 Å². The minimum atomic E-state index is -0.517. The van der Waals surface area contributed by atoms with Crippen molar-refractivity contribution in [3.63, 3.8) is 0 Å². The zero-order valence-electron chi connectivity index (χ0n) is 13.0. The van der Waals surface area contributed by atoms with Gasteiger partial charge in [-0.1, -0.05) is 23.7 Å². The van der Waals surface area contributed by atoms with Crippen molar-refractivity contribution >= 4 is 17.5 Å². The van der Waals surface area contributed by atoms with Crippen molar-refractivity contribution in [2.24, 2.45) is 5.92 Å². The third-order valence-corrected chi connectivity index (χ3v) is 4.66. The van der Waals surface area contributed by atoms with Gasteiger partial charge in [0.1, 0.15) is 5.69 Å². The summed E-state index contributed by atoms with van der Waals surface area (Å²) in [5.41, 5.74) is 2.21. The summed E-state index contributed by atoms with van der Waals surface area (Å²) in [6, 6.07) is 9.06. The van der Waals surface area contributed by atoms with Crippen LogP contribution in [0.25, 0.3) is 0 Å². The predicted octanol–water partition coefficient (Wildman–Crippen LogP) is 2.96. The summed E-state index contributed by atoms with van der Waals surface area (Å²) < 4.78 is 0. The number of aromatic nitrogens is 2. The van der Waals surface area contributed by atoms with E-state index < -0.39 is 6.10 Å². The number of amides is 1. The number of benzene rings is 1. The van der Waals surface area contributed by atoms with E-state index >= 15 is 0 Å². The Balaban J connectivity index is 1.59. The van der Waals surface area contributed by atoms with Crippen molar-refractivity contribution in [2.45, 2.75) is 25.9 Å². The van der Waals surface area contributed by atoms with Gasteiger partial charge in [0.25, 0.3) is 5.91 Å². The van der Waals surface area contributed by atoms with Gasteiger partial charge in [-0.15, -0.1) is 0 Å². The standard InChI is InChI=1S/C17H20ClN3O2/c1-11-10-15(20-19-11)17(23)21-8-6-13(7-9-21)16(22)12-2-4-14(18)5-3-12/h2-5,10,13,16,22H,6-9H2,1H3,(H,19,20)/t16-/m1/s1. The van der Waals surface area contributed by atoms with Gasteiger partial charge in [-0.3, -0.25) is 9.89 Å². The number of carbonyl (C=O) groups is 1. The van der Waals surface area contributed by atoms with Gasteiger partial charge in [0.15, 0.2) is 0 Å². The number of nitrogens with zero attached hydrogens (tertiary/aromatic N) is 2. The number of aliphatic hydroxyl groups is 1. The van der Waals surface area contributed by atoms with E-state index in [-0.39, 0.29) is 11.8 Å². The number of aliphatic hydroxyl groups excluding tert-OH is 1. The van der Waals surface area contributed by atoms with E-state index in [4.69, 9.17) is 11.6 Å². The topological polar surface area (TPSA) is 69.2 Å². The van der Waals surface area contributed by atoms with Gasteiger partial charge in [-0.05, 0) is 49.4 Å². The lowest BCUT2D eigenvalue weighted by Crippen LogP contribution is -2.40. The quantitative estimate of drug-likeness (QED) is 0.907. The summed E-state index contributed by atoms with van der Waals surface area (Å²) in [6.07, 6.45) is 1.04. The van der Waals surface area contributed by atoms with E-state index in [1.54, 1.807) is 23.1 Å². The van der Waals surface area contributed by atoms with Crippen LogP contribution < -0.4 is 0 Å². The minimum absolute atomic E-state index is 0.0474. The fourth-order valence-corrected chi connectivity index (χ4v) is 3.17. The van der Waals surface area contributed by atoms with Crippen molar-refractivity contribution in [3.8, 4) is 0 Å². The second-order valence-electron chi connectivity index (χ2n) is 6.06. The van der Waals surface area contributed by atoms with E-state index in [0.717, 1.165) is 24.1 Å². The second kappa shape index (κ2) is 6.72. The molecule has 2 N–H and O–H groups in total. The molecule has 1 amide bonds. The molecule has 1 aliphatic heterocycles. The van der Waals surface area contributed by atoms with E-state index in [1.165, 1.54) is 0 Å². The van der Waals surface area contributed by atoms with Crippen LogP contribution >= 0.6 is 11.6 Å². The highest BCUT2D eigenvalue weighted by Crippen LogP contribution is 2.31. The van der Waals surface area contributed by atoms with Gasteiger partial charge in [-0.2, -0.15) is 5.10 Å². The van der Waals surface area contributed by atoms with Crippen molar-refractivity contribution in [1.29, 1.82) is 0 Å². The first kappa shape index (κ1) is 16.0. The lowest BCUT2D eigenvalue weighted by Gasteiger charge is -2.34. The third-order valence-electron chi connectivity index (χ3n) is 4.41. The zero-order chi connectivity index (χ0) is 16.4. The molecule has 122 valence electrons. The molecule has 6 heteroatoms. The first-order valence-electron chi connectivity index (χ1n) is 7.79. The Morgan fingerprint density at radius 3 is 2.57 bits per heavy atom. The average molecular weight is 334 g/mol. The van der Waals surface area contributed by atoms with Crippen molar-refractivity contribution < 1.29 is 9.90 Å². The molecule has 2 aromatic rings. The van der Waals surface area contributed by atoms with Crippen LogP contribution in [0.1, 0.15) is 40.7 Å². The molecular weight excluding hydrogens is 314 g/mol. The van der Waals surface area contributed by atoms with Gasteiger partial charge in [0.2, 0.25) is 0 Å². The Bertz CT molecular complexity index is 675. The summed E-state index contributed by atoms with van der Waals surface area (Å²) in [4.78, 5) is 14.2. The number of hydrogen-bond acceptors (Lipinski definition) is 3. The molecule has 0 aliphatic carbocycles. The van der Waals surface area contributed by atoms with Crippen LogP contribution in [-0.4, -0.2) is 39.2 Å². The molecule has 0 saturated carbocycles. The summed E-state index contributed by atoms with van der Waals surface area (Å²) >= 11 is 5.88. The first-order chi connectivity index (χ1) is 11.0. The number of hydrogen-bond donors (Lipinski definition) is 2. The number of halogens is 1. The molecule has 0 unspecified atom stereocenters. The number of nitrogens with one attached hydrogen (secondary N) is 1. The Morgan fingerprint density at radius 1 is 1.35 bits per heavy atom. The molecule has 5 nitrogen and oxygen atoms in total. The number of aryl methyl sites for hydroxylation is 1. The Kier molecular flexibility index (Phi) is 4.68. The summed E-state index contributed by atoms with van der Waals surface area (Å²) in [6.45, 7) is 3.15. The fourth-order valence-electron chi connectivity index (χ4n) is 3.04. The number of rotatable bonds is 3. The fraction of sp³-hybridized carbons (Fsp3) is 0.412. The molecule has 1 aliphatic rings. The van der Waals surface area contributed by atoms with E-state index in [9.17, 15) is 9.90 Å². The molecule has 1 atom stereocenters. The molecule has 2 heterocycles. The molecule has 1 saturated heterocycles. The zero-order valence-corrected chi connectivity index (χ0v) is 13.8. The van der Waals surface area contributed by atoms with Gasteiger partial charge < -0.3 is 10.0 Å². The van der Waals surface area contributed by atoms with Crippen LogP contribution in [-0.2, 0) is 0 Å². The monoisotopic (exact) mass is 333 g/mol. The average Bonchev–Trinajstić information content (AvgIpc) is 3.01. The maximum Gasteiger partial charge on any atom is 0.274 e. The van der Waals surface area contributed by atoms with E-state index in [0.29, 0.717) is 23.8 Å². The smallest absolute Gasteiger partial charge is 0.274 e. The predicted molar refractivity (Wildman–Crippen MR) is 88.4 cm³/mol. The second-order valence-corrected chi connectivity index (χ2v) is 6.50. The van der Waals surface area contributed by atoms with Gasteiger partial charge in [-0.25, -0.2) is 0 Å². The molecular formula is C17H20ClN3O2. The Labute approximate surface area is 140 Å². The van der Waals surface area contributed by atoms with Crippen LogP contribution in [0.3, 0.4) is 0 Å². The van der Waals surface area contributed by atoms with E-state index in [2.05, 4.69) is 10.2 Å². The van der Waals surface area contributed by atoms with Crippen LogP contribution in [0.2, 0.25) is 5.02 Å². The van der Waals surface area contributed by atoms with Gasteiger partial charge in [0.05, 0.1) is 6.10 Å². The highest BCUT2D eigenvalue weighted by atomic mass is 35.5. The first-order valence-corrected chi connectivity index (χ1v) is 8.17. The largest absolute Gasteiger partial charge is 0.388 e. The van der Waals surface area contributed by atoms with Crippen LogP contribution in [0, 0.1) is 12.8 Å². The summed E-state index contributed by atoms with van der Waals surface area (Å²) in [7, 11) is 0. The lowest BCUT2D eigenvalue weighted by molar-refractivity contribution is 0.0458. The van der Waals surface area contributed by atoms with Crippen molar-refractivity contribution in [3.05, 3.63) is 52.3 Å². The maximum atomic E-state index is 12.4. The lowest BCUT2D eigenvalue weighted by atomic mass is 9.87. The Hall–Kier alpha value is -1.85. The molecule has 0 spiro atoms. The van der Waals surface area contributed by atoms with Crippen LogP contribution in [0.5, 0.6) is 0 Å². The summed E-state index contributed by atoms with van der Waals surface area (Å²) in [5.74, 6) is 0.106. The van der Waals surface area contributed by atoms with Gasteiger partial charge >= 0.3 is 0 Å². The van der Waals surface area contributed by atoms with Crippen LogP contribution in [0.4, 0.5) is 0 Å². The minimum Gasteiger partial charge on any atom is -0.388 e. The Morgan fingerprint density at radius 2 is 2.00 bits per heavy atom. The molecule has 1 aromatic carbocycles.